The maximum Gasteiger partial charge on any atom is 0.311 e. The van der Waals surface area contributed by atoms with Crippen LogP contribution in [0.1, 0.15) is 109 Å². The van der Waals surface area contributed by atoms with Crippen molar-refractivity contribution in [2.75, 3.05) is 34.8 Å². The molecule has 3 aliphatic heterocycles. The predicted molar refractivity (Wildman–Crippen MR) is 200 cm³/mol. The lowest BCUT2D eigenvalue weighted by molar-refractivity contribution is -0.306. The lowest BCUT2D eigenvalue weighted by Gasteiger charge is -2.49. The molecule has 18 atom stereocenters. The molecule has 3 aliphatic rings. The summed E-state index contributed by atoms with van der Waals surface area (Å²) in [5.74, 6) is -2.03. The van der Waals surface area contributed by atoms with E-state index in [-0.39, 0.29) is 42.4 Å². The van der Waals surface area contributed by atoms with Crippen molar-refractivity contribution in [1.82, 2.24) is 9.80 Å². The predicted octanol–water partition coefficient (Wildman–Crippen LogP) is 4.45. The standard InChI is InChI=1S/C40H76N2O10/c1-17-31-40(12,46)34(43)28(8)42(15)21-22(2)19-38(10,45)35(52-37-24(4)30(41(13)14)18-23(3)48-37)25(5)33(26(6)36(44)50-31)51-32-20-39(11,47-16)27(7)29(9)49-32/h22-35,37,43,45-46H,17-21H2,1-16H3/t22-,23-,24-,25+,26-,27+,28-,29+,30+,31-,32+,33+,34-,35-,37+,38-,39-,40-/m1/s1. The number of likely N-dealkylation sites (N-methyl/N-ethyl adjacent to an activating group) is 1. The van der Waals surface area contributed by atoms with E-state index < -0.39 is 77.6 Å². The van der Waals surface area contributed by atoms with E-state index in [0.29, 0.717) is 19.4 Å². The van der Waals surface area contributed by atoms with Gasteiger partial charge in [0.05, 0.1) is 41.5 Å². The molecular formula is C40H76N2O10. The Morgan fingerprint density at radius 3 is 2.12 bits per heavy atom. The number of aliphatic hydroxyl groups is 3. The number of ether oxygens (including phenoxy) is 6. The van der Waals surface area contributed by atoms with Crippen LogP contribution < -0.4 is 0 Å². The number of rotatable bonds is 7. The second-order valence-electron chi connectivity index (χ2n) is 17.9. The smallest absolute Gasteiger partial charge is 0.311 e. The number of hydrogen-bond donors (Lipinski definition) is 3. The quantitative estimate of drug-likeness (QED) is 0.318. The summed E-state index contributed by atoms with van der Waals surface area (Å²) in [4.78, 5) is 18.5. The van der Waals surface area contributed by atoms with Crippen molar-refractivity contribution in [2.45, 2.75) is 187 Å². The van der Waals surface area contributed by atoms with Gasteiger partial charge < -0.3 is 53.5 Å². The minimum Gasteiger partial charge on any atom is -0.459 e. The van der Waals surface area contributed by atoms with Crippen molar-refractivity contribution in [3.8, 4) is 0 Å². The molecule has 12 heteroatoms. The normalized spacial score (nSPS) is 49.6. The van der Waals surface area contributed by atoms with Gasteiger partial charge in [-0.25, -0.2) is 0 Å². The van der Waals surface area contributed by atoms with E-state index in [2.05, 4.69) is 39.8 Å². The minimum absolute atomic E-state index is 0.0163. The monoisotopic (exact) mass is 745 g/mol. The van der Waals surface area contributed by atoms with Crippen molar-refractivity contribution in [3.05, 3.63) is 0 Å². The number of carbonyl (C=O) groups excluding carboxylic acids is 1. The Hall–Kier alpha value is -0.930. The Kier molecular flexibility index (Phi) is 15.6. The topological polar surface area (TPSA) is 140 Å². The number of aliphatic hydroxyl groups excluding tert-OH is 1. The van der Waals surface area contributed by atoms with Crippen LogP contribution in [0.5, 0.6) is 0 Å². The van der Waals surface area contributed by atoms with Crippen LogP contribution in [0.25, 0.3) is 0 Å². The lowest BCUT2D eigenvalue weighted by atomic mass is 9.77. The Balaban J connectivity index is 2.17. The molecule has 12 nitrogen and oxygen atoms in total. The lowest BCUT2D eigenvalue weighted by Crippen LogP contribution is -2.59. The average Bonchev–Trinajstić information content (AvgIpc) is 3.05. The van der Waals surface area contributed by atoms with Gasteiger partial charge in [-0.15, -0.1) is 0 Å². The molecule has 3 fully saturated rings. The number of carbonyl (C=O) groups is 1. The van der Waals surface area contributed by atoms with Crippen molar-refractivity contribution in [2.24, 2.45) is 29.6 Å². The van der Waals surface area contributed by atoms with Crippen LogP contribution in [-0.2, 0) is 33.2 Å². The van der Waals surface area contributed by atoms with Crippen molar-refractivity contribution in [1.29, 1.82) is 0 Å². The highest BCUT2D eigenvalue weighted by molar-refractivity contribution is 5.73. The third-order valence-corrected chi connectivity index (χ3v) is 13.2. The molecule has 306 valence electrons. The molecule has 0 aromatic carbocycles. The van der Waals surface area contributed by atoms with E-state index in [1.54, 1.807) is 21.0 Å². The molecular weight excluding hydrogens is 668 g/mol. The molecule has 3 saturated heterocycles. The first kappa shape index (κ1) is 45.5. The van der Waals surface area contributed by atoms with Crippen LogP contribution >= 0.6 is 0 Å². The van der Waals surface area contributed by atoms with Crippen molar-refractivity contribution >= 4 is 5.97 Å². The molecule has 0 bridgehead atoms. The molecule has 3 heterocycles. The average molecular weight is 745 g/mol. The fourth-order valence-corrected chi connectivity index (χ4v) is 9.24. The number of hydrogen-bond acceptors (Lipinski definition) is 12. The highest BCUT2D eigenvalue weighted by Crippen LogP contribution is 2.42. The second kappa shape index (κ2) is 17.9. The molecule has 0 spiro atoms. The van der Waals surface area contributed by atoms with Crippen LogP contribution in [0.2, 0.25) is 0 Å². The van der Waals surface area contributed by atoms with Gasteiger partial charge in [-0.1, -0.05) is 34.6 Å². The molecule has 3 N–H and O–H groups in total. The maximum atomic E-state index is 14.3. The van der Waals surface area contributed by atoms with Gasteiger partial charge in [-0.2, -0.15) is 0 Å². The zero-order chi connectivity index (χ0) is 39.7. The number of methoxy groups -OCH3 is 1. The molecule has 0 amide bonds. The van der Waals surface area contributed by atoms with Gasteiger partial charge in [0.2, 0.25) is 0 Å². The summed E-state index contributed by atoms with van der Waals surface area (Å²) in [6, 6.07) is -0.286. The van der Waals surface area contributed by atoms with Crippen LogP contribution in [-0.4, -0.2) is 144 Å². The van der Waals surface area contributed by atoms with Gasteiger partial charge >= 0.3 is 5.97 Å². The second-order valence-corrected chi connectivity index (χ2v) is 17.9. The van der Waals surface area contributed by atoms with Gasteiger partial charge in [0, 0.05) is 49.9 Å². The molecule has 3 rings (SSSR count). The Bertz CT molecular complexity index is 1140. The van der Waals surface area contributed by atoms with E-state index in [4.69, 9.17) is 28.4 Å². The zero-order valence-corrected chi connectivity index (χ0v) is 35.3. The Morgan fingerprint density at radius 1 is 0.942 bits per heavy atom. The first-order valence-corrected chi connectivity index (χ1v) is 19.8. The first-order chi connectivity index (χ1) is 23.9. The maximum absolute atomic E-state index is 14.3. The van der Waals surface area contributed by atoms with E-state index in [1.165, 1.54) is 6.92 Å². The molecule has 0 aromatic heterocycles. The Labute approximate surface area is 315 Å². The molecule has 0 aromatic rings. The summed E-state index contributed by atoms with van der Waals surface area (Å²) in [6.45, 7) is 23.6. The fraction of sp³-hybridized carbons (Fsp3) is 0.975. The SMILES string of the molecule is CC[C@H]1OC(=O)[C@H](C)[C@@H](O[C@H]2C[C@@](C)(OC)[C@@H](C)[C@H](C)O2)[C@H](C)[C@@H](O[C@@H]2O[C@H](C)C[C@H](N(C)C)[C@H]2C)[C@](C)(O)C[C@@H](C)CN(C)[C@H](C)[C@@H](O)[C@]1(C)O. The molecule has 52 heavy (non-hydrogen) atoms. The summed E-state index contributed by atoms with van der Waals surface area (Å²) in [7, 11) is 7.71. The highest BCUT2D eigenvalue weighted by Gasteiger charge is 2.52. The van der Waals surface area contributed by atoms with Crippen LogP contribution in [0.4, 0.5) is 0 Å². The molecule has 0 saturated carbocycles. The summed E-state index contributed by atoms with van der Waals surface area (Å²) >= 11 is 0. The first-order valence-electron chi connectivity index (χ1n) is 19.8. The van der Waals surface area contributed by atoms with E-state index in [1.807, 2.05) is 53.5 Å². The largest absolute Gasteiger partial charge is 0.459 e. The van der Waals surface area contributed by atoms with Crippen molar-refractivity contribution in [3.63, 3.8) is 0 Å². The highest BCUT2D eigenvalue weighted by atomic mass is 16.7. The summed E-state index contributed by atoms with van der Waals surface area (Å²) in [6.07, 6.45) is -3.63. The number of cyclic esters (lactones) is 1. The van der Waals surface area contributed by atoms with Gasteiger partial charge in [-0.05, 0) is 94.8 Å². The van der Waals surface area contributed by atoms with Crippen LogP contribution in [0.15, 0.2) is 0 Å². The van der Waals surface area contributed by atoms with E-state index in [9.17, 15) is 20.1 Å². The number of esters is 1. The molecule has 0 aliphatic carbocycles. The minimum atomic E-state index is -1.74. The van der Waals surface area contributed by atoms with Crippen molar-refractivity contribution < 1.29 is 48.5 Å². The zero-order valence-electron chi connectivity index (χ0n) is 35.3. The van der Waals surface area contributed by atoms with Gasteiger partial charge in [0.15, 0.2) is 12.6 Å². The van der Waals surface area contributed by atoms with Crippen LogP contribution in [0.3, 0.4) is 0 Å². The third kappa shape index (κ3) is 10.1. The van der Waals surface area contributed by atoms with E-state index in [0.717, 1.165) is 6.42 Å². The van der Waals surface area contributed by atoms with Gasteiger partial charge in [0.1, 0.15) is 17.8 Å². The third-order valence-electron chi connectivity index (χ3n) is 13.2. The Morgan fingerprint density at radius 2 is 1.56 bits per heavy atom. The van der Waals surface area contributed by atoms with E-state index >= 15 is 0 Å². The van der Waals surface area contributed by atoms with Gasteiger partial charge in [0.25, 0.3) is 0 Å². The summed E-state index contributed by atoms with van der Waals surface area (Å²) < 4.78 is 38.9. The van der Waals surface area contributed by atoms with Crippen LogP contribution in [0, 0.1) is 29.6 Å². The molecule has 0 unspecified atom stereocenters. The number of nitrogens with zero attached hydrogens (tertiary/aromatic N) is 2. The molecule has 0 radical (unpaired) electrons. The van der Waals surface area contributed by atoms with Gasteiger partial charge in [-0.3, -0.25) is 4.79 Å². The summed E-state index contributed by atoms with van der Waals surface area (Å²) in [5, 5.41) is 35.9. The summed E-state index contributed by atoms with van der Waals surface area (Å²) in [5.41, 5.74) is -3.69. The fourth-order valence-electron chi connectivity index (χ4n) is 9.24.